The molecule has 12 heavy (non-hydrogen) atoms. The number of hydrogen-bond acceptors (Lipinski definition) is 3. The van der Waals surface area contributed by atoms with Gasteiger partial charge in [-0.3, -0.25) is 4.79 Å². The summed E-state index contributed by atoms with van der Waals surface area (Å²) < 4.78 is 4.96. The van der Waals surface area contributed by atoms with Gasteiger partial charge >= 0.3 is 0 Å². The van der Waals surface area contributed by atoms with Crippen molar-refractivity contribution in [1.82, 2.24) is 5.32 Å². The van der Waals surface area contributed by atoms with Crippen LogP contribution in [0.25, 0.3) is 0 Å². The quantitative estimate of drug-likeness (QED) is 0.435. The molecule has 0 bridgehead atoms. The van der Waals surface area contributed by atoms with Crippen LogP contribution in [0.4, 0.5) is 0 Å². The van der Waals surface area contributed by atoms with Crippen molar-refractivity contribution in [3.8, 4) is 0 Å². The predicted octanol–water partition coefficient (Wildman–Crippen LogP) is -0.260. The lowest BCUT2D eigenvalue weighted by atomic mass is 10.4. The average molecular weight is 196 g/mol. The van der Waals surface area contributed by atoms with Crippen molar-refractivity contribution in [2.24, 2.45) is 0 Å². The summed E-state index contributed by atoms with van der Waals surface area (Å²) in [6.45, 7) is 1.50. The van der Waals surface area contributed by atoms with Gasteiger partial charge in [0.1, 0.15) is 5.88 Å². The Morgan fingerprint density at radius 2 is 2.25 bits per heavy atom. The first-order valence-corrected chi connectivity index (χ1v) is 4.36. The average Bonchev–Trinajstić information content (AvgIpc) is 2.10. The van der Waals surface area contributed by atoms with Crippen LogP contribution in [0, 0.1) is 0 Å². The minimum atomic E-state index is -0.168. The maximum absolute atomic E-state index is 10.6. The molecule has 0 saturated heterocycles. The lowest BCUT2D eigenvalue weighted by Gasteiger charge is -2.03. The molecule has 2 N–H and O–H groups in total. The first kappa shape index (κ1) is 11.7. The molecular formula is C7H14ClNO3. The summed E-state index contributed by atoms with van der Waals surface area (Å²) >= 11 is 5.24. The molecule has 1 amide bonds. The maximum Gasteiger partial charge on any atom is 0.234 e. The topological polar surface area (TPSA) is 58.6 Å². The zero-order valence-corrected chi connectivity index (χ0v) is 7.64. The lowest BCUT2D eigenvalue weighted by molar-refractivity contribution is -0.118. The largest absolute Gasteiger partial charge is 0.394 e. The van der Waals surface area contributed by atoms with E-state index >= 15 is 0 Å². The van der Waals surface area contributed by atoms with Crippen LogP contribution in [0.3, 0.4) is 0 Å². The molecule has 72 valence electrons. The Morgan fingerprint density at radius 1 is 1.50 bits per heavy atom. The second kappa shape index (κ2) is 8.77. The zero-order chi connectivity index (χ0) is 9.23. The Bertz CT molecular complexity index is 121. The standard InChI is InChI=1S/C7H14ClNO3/c8-6-7(11)9-2-1-4-12-5-3-10/h10H,1-6H2,(H,9,11). The van der Waals surface area contributed by atoms with Crippen molar-refractivity contribution < 1.29 is 14.6 Å². The Balaban J connectivity index is 2.95. The summed E-state index contributed by atoms with van der Waals surface area (Å²) in [5.74, 6) is -0.170. The van der Waals surface area contributed by atoms with E-state index in [-0.39, 0.29) is 18.4 Å². The van der Waals surface area contributed by atoms with Crippen molar-refractivity contribution in [3.63, 3.8) is 0 Å². The molecule has 0 aliphatic rings. The first-order chi connectivity index (χ1) is 5.81. The van der Waals surface area contributed by atoms with Gasteiger partial charge < -0.3 is 15.2 Å². The van der Waals surface area contributed by atoms with Crippen LogP contribution in [-0.2, 0) is 9.53 Å². The number of carbonyl (C=O) groups excluding carboxylic acids is 1. The number of aliphatic hydroxyl groups excluding tert-OH is 1. The molecule has 0 aromatic carbocycles. The van der Waals surface area contributed by atoms with E-state index in [1.165, 1.54) is 0 Å². The molecule has 0 fully saturated rings. The lowest BCUT2D eigenvalue weighted by Crippen LogP contribution is -2.26. The third-order valence-corrected chi connectivity index (χ3v) is 1.39. The molecule has 0 heterocycles. The fraction of sp³-hybridized carbons (Fsp3) is 0.857. The third kappa shape index (κ3) is 7.78. The highest BCUT2D eigenvalue weighted by atomic mass is 35.5. The van der Waals surface area contributed by atoms with E-state index in [1.807, 2.05) is 0 Å². The molecule has 0 aromatic heterocycles. The second-order valence-corrected chi connectivity index (χ2v) is 2.44. The highest BCUT2D eigenvalue weighted by Gasteiger charge is 1.95. The number of nitrogens with one attached hydrogen (secondary N) is 1. The number of rotatable bonds is 7. The van der Waals surface area contributed by atoms with E-state index in [0.717, 1.165) is 6.42 Å². The molecule has 0 aliphatic heterocycles. The van der Waals surface area contributed by atoms with E-state index < -0.39 is 0 Å². The van der Waals surface area contributed by atoms with Gasteiger partial charge in [0.25, 0.3) is 0 Å². The summed E-state index contributed by atoms with van der Waals surface area (Å²) in [6.07, 6.45) is 0.739. The first-order valence-electron chi connectivity index (χ1n) is 3.82. The molecule has 4 nitrogen and oxygen atoms in total. The summed E-state index contributed by atoms with van der Waals surface area (Å²) in [6, 6.07) is 0. The Hall–Kier alpha value is -0.320. The number of alkyl halides is 1. The smallest absolute Gasteiger partial charge is 0.234 e. The third-order valence-electron chi connectivity index (χ3n) is 1.14. The van der Waals surface area contributed by atoms with Gasteiger partial charge in [-0.2, -0.15) is 0 Å². The molecule has 0 saturated carbocycles. The number of ether oxygens (including phenoxy) is 1. The van der Waals surface area contributed by atoms with Gasteiger partial charge in [0.05, 0.1) is 13.2 Å². The van der Waals surface area contributed by atoms with Crippen LogP contribution < -0.4 is 5.32 Å². The Kier molecular flexibility index (Phi) is 8.54. The second-order valence-electron chi connectivity index (χ2n) is 2.17. The van der Waals surface area contributed by atoms with E-state index in [0.29, 0.717) is 19.8 Å². The van der Waals surface area contributed by atoms with Crippen LogP contribution >= 0.6 is 11.6 Å². The fourth-order valence-corrected chi connectivity index (χ4v) is 0.710. The SMILES string of the molecule is O=C(CCl)NCCCOCCO. The summed E-state index contributed by atoms with van der Waals surface area (Å²) in [4.78, 5) is 10.6. The van der Waals surface area contributed by atoms with Gasteiger partial charge in [-0.1, -0.05) is 0 Å². The summed E-state index contributed by atoms with van der Waals surface area (Å²) in [5, 5.41) is 10.9. The minimum Gasteiger partial charge on any atom is -0.394 e. The molecule has 0 unspecified atom stereocenters. The number of hydrogen-bond donors (Lipinski definition) is 2. The molecule has 0 aromatic rings. The molecule has 0 atom stereocenters. The number of aliphatic hydroxyl groups is 1. The zero-order valence-electron chi connectivity index (χ0n) is 6.88. The van der Waals surface area contributed by atoms with Gasteiger partial charge in [0.15, 0.2) is 0 Å². The fourth-order valence-electron chi connectivity index (χ4n) is 0.616. The van der Waals surface area contributed by atoms with Gasteiger partial charge in [-0.05, 0) is 6.42 Å². The highest BCUT2D eigenvalue weighted by Crippen LogP contribution is 1.81. The van der Waals surface area contributed by atoms with Crippen molar-refractivity contribution >= 4 is 17.5 Å². The van der Waals surface area contributed by atoms with Crippen LogP contribution in [-0.4, -0.2) is 43.3 Å². The minimum absolute atomic E-state index is 0.00248. The molecule has 0 rings (SSSR count). The van der Waals surface area contributed by atoms with Gasteiger partial charge in [-0.15, -0.1) is 11.6 Å². The summed E-state index contributed by atoms with van der Waals surface area (Å²) in [7, 11) is 0. The van der Waals surface area contributed by atoms with Crippen molar-refractivity contribution in [1.29, 1.82) is 0 Å². The Labute approximate surface area is 76.9 Å². The molecule has 0 radical (unpaired) electrons. The van der Waals surface area contributed by atoms with Gasteiger partial charge in [-0.25, -0.2) is 0 Å². The monoisotopic (exact) mass is 195 g/mol. The molecule has 5 heteroatoms. The number of halogens is 1. The van der Waals surface area contributed by atoms with E-state index in [9.17, 15) is 4.79 Å². The van der Waals surface area contributed by atoms with Crippen molar-refractivity contribution in [3.05, 3.63) is 0 Å². The van der Waals surface area contributed by atoms with Crippen LogP contribution in [0.1, 0.15) is 6.42 Å². The number of carbonyl (C=O) groups is 1. The van der Waals surface area contributed by atoms with E-state index in [1.54, 1.807) is 0 Å². The van der Waals surface area contributed by atoms with Gasteiger partial charge in [0, 0.05) is 13.2 Å². The predicted molar refractivity (Wildman–Crippen MR) is 46.3 cm³/mol. The van der Waals surface area contributed by atoms with Crippen LogP contribution in [0.15, 0.2) is 0 Å². The van der Waals surface area contributed by atoms with Crippen molar-refractivity contribution in [2.75, 3.05) is 32.2 Å². The van der Waals surface area contributed by atoms with Crippen LogP contribution in [0.5, 0.6) is 0 Å². The van der Waals surface area contributed by atoms with E-state index in [4.69, 9.17) is 21.4 Å². The molecular weight excluding hydrogens is 182 g/mol. The van der Waals surface area contributed by atoms with Crippen molar-refractivity contribution in [2.45, 2.75) is 6.42 Å². The van der Waals surface area contributed by atoms with Gasteiger partial charge in [0.2, 0.25) is 5.91 Å². The van der Waals surface area contributed by atoms with E-state index in [2.05, 4.69) is 5.32 Å². The Morgan fingerprint density at radius 3 is 2.83 bits per heavy atom. The normalized spacial score (nSPS) is 9.83. The molecule has 0 spiro atoms. The maximum atomic E-state index is 10.6. The highest BCUT2D eigenvalue weighted by molar-refractivity contribution is 6.27. The number of amides is 1. The molecule has 0 aliphatic carbocycles. The van der Waals surface area contributed by atoms with Crippen LogP contribution in [0.2, 0.25) is 0 Å². The summed E-state index contributed by atoms with van der Waals surface area (Å²) in [5.41, 5.74) is 0.